The van der Waals surface area contributed by atoms with E-state index in [9.17, 15) is 4.79 Å². The average Bonchev–Trinajstić information content (AvgIpc) is 3.07. The molecule has 1 aromatic carbocycles. The van der Waals surface area contributed by atoms with Gasteiger partial charge < -0.3 is 19.7 Å². The molecule has 0 radical (unpaired) electrons. The van der Waals surface area contributed by atoms with Crippen LogP contribution in [0.3, 0.4) is 0 Å². The van der Waals surface area contributed by atoms with Gasteiger partial charge in [-0.25, -0.2) is 4.98 Å². The minimum atomic E-state index is -0.0718. The van der Waals surface area contributed by atoms with E-state index in [0.717, 1.165) is 59.1 Å². The van der Waals surface area contributed by atoms with Crippen molar-refractivity contribution in [2.75, 3.05) is 38.1 Å². The second kappa shape index (κ2) is 9.24. The number of piperazine rings is 1. The van der Waals surface area contributed by atoms with Crippen LogP contribution in [-0.4, -0.2) is 53.6 Å². The number of aryl methyl sites for hydroxylation is 1. The lowest BCUT2D eigenvalue weighted by Crippen LogP contribution is -2.44. The Balaban J connectivity index is 1.42. The van der Waals surface area contributed by atoms with Gasteiger partial charge in [-0.15, -0.1) is 0 Å². The highest BCUT2D eigenvalue weighted by Crippen LogP contribution is 2.23. The Labute approximate surface area is 192 Å². The fourth-order valence-corrected chi connectivity index (χ4v) is 4.41. The Morgan fingerprint density at radius 1 is 1.10 bits per heavy atom. The number of halogens is 1. The smallest absolute Gasteiger partial charge is 0.253 e. The first kappa shape index (κ1) is 21.6. The molecule has 3 heterocycles. The largest absolute Gasteiger partial charge is 0.354 e. The van der Waals surface area contributed by atoms with E-state index >= 15 is 0 Å². The highest BCUT2D eigenvalue weighted by atomic mass is 79.9. The molecule has 1 fully saturated rings. The summed E-state index contributed by atoms with van der Waals surface area (Å²) in [7, 11) is 2.15. The molecule has 0 unspecified atom stereocenters. The topological polar surface area (TPSA) is 53.4 Å². The van der Waals surface area contributed by atoms with Gasteiger partial charge in [0.1, 0.15) is 5.82 Å². The summed E-state index contributed by atoms with van der Waals surface area (Å²) in [6.07, 6.45) is 1.86. The van der Waals surface area contributed by atoms with Crippen molar-refractivity contribution < 1.29 is 4.79 Å². The molecule has 0 spiro atoms. The molecule has 31 heavy (non-hydrogen) atoms. The minimum absolute atomic E-state index is 0.0718. The Kier molecular flexibility index (Phi) is 6.43. The summed E-state index contributed by atoms with van der Waals surface area (Å²) in [5.41, 5.74) is 4.68. The molecule has 1 aliphatic heterocycles. The van der Waals surface area contributed by atoms with Crippen LogP contribution in [0.5, 0.6) is 0 Å². The number of hydrogen-bond acceptors (Lipinski definition) is 4. The molecule has 0 saturated carbocycles. The summed E-state index contributed by atoms with van der Waals surface area (Å²) in [5, 5.41) is 3.04. The summed E-state index contributed by atoms with van der Waals surface area (Å²) in [6.45, 7) is 8.55. The second-order valence-electron chi connectivity index (χ2n) is 8.10. The first-order valence-corrected chi connectivity index (χ1v) is 11.3. The number of nitrogens with one attached hydrogen (secondary N) is 1. The first-order chi connectivity index (χ1) is 14.9. The number of nitrogens with zero attached hydrogens (tertiary/aromatic N) is 4. The predicted molar refractivity (Wildman–Crippen MR) is 128 cm³/mol. The number of pyridine rings is 1. The Hall–Kier alpha value is -2.64. The quantitative estimate of drug-likeness (QED) is 0.599. The molecule has 1 N–H and O–H groups in total. The lowest BCUT2D eigenvalue weighted by molar-refractivity contribution is 0.0950. The summed E-state index contributed by atoms with van der Waals surface area (Å²) in [6, 6.07) is 14.1. The van der Waals surface area contributed by atoms with E-state index in [-0.39, 0.29) is 5.91 Å². The predicted octanol–water partition coefficient (Wildman–Crippen LogP) is 3.93. The number of likely N-dealkylation sites (N-methyl/N-ethyl adjacent to an activating group) is 1. The summed E-state index contributed by atoms with van der Waals surface area (Å²) in [5.74, 6) is 0.929. The Morgan fingerprint density at radius 3 is 2.55 bits per heavy atom. The van der Waals surface area contributed by atoms with Crippen LogP contribution in [0.2, 0.25) is 0 Å². The van der Waals surface area contributed by atoms with Crippen LogP contribution in [0.15, 0.2) is 53.1 Å². The number of hydrogen-bond donors (Lipinski definition) is 1. The van der Waals surface area contributed by atoms with Gasteiger partial charge in [0.05, 0.1) is 5.56 Å². The van der Waals surface area contributed by atoms with Crippen LogP contribution in [-0.2, 0) is 6.54 Å². The van der Waals surface area contributed by atoms with E-state index in [4.69, 9.17) is 0 Å². The SMILES string of the molecule is Cc1cc(C(=O)NCc2ccc(N3CCN(C)CC3)nc2)c(C)n1-c1cccc(Br)c1. The lowest BCUT2D eigenvalue weighted by Gasteiger charge is -2.33. The zero-order valence-corrected chi connectivity index (χ0v) is 19.8. The molecular weight excluding hydrogens is 454 g/mol. The number of aromatic nitrogens is 2. The van der Waals surface area contributed by atoms with Gasteiger partial charge in [-0.05, 0) is 56.8 Å². The van der Waals surface area contributed by atoms with Gasteiger partial charge in [-0.3, -0.25) is 4.79 Å². The number of anilines is 1. The third-order valence-corrected chi connectivity index (χ3v) is 6.32. The van der Waals surface area contributed by atoms with Crippen LogP contribution in [0.4, 0.5) is 5.82 Å². The van der Waals surface area contributed by atoms with Crippen molar-refractivity contribution in [3.8, 4) is 5.69 Å². The molecule has 6 nitrogen and oxygen atoms in total. The van der Waals surface area contributed by atoms with Gasteiger partial charge in [0.25, 0.3) is 5.91 Å². The summed E-state index contributed by atoms with van der Waals surface area (Å²) in [4.78, 5) is 22.1. The van der Waals surface area contributed by atoms with Gasteiger partial charge in [0, 0.05) is 60.5 Å². The molecule has 1 aliphatic rings. The van der Waals surface area contributed by atoms with Gasteiger partial charge in [-0.1, -0.05) is 28.1 Å². The van der Waals surface area contributed by atoms with E-state index in [0.29, 0.717) is 12.1 Å². The first-order valence-electron chi connectivity index (χ1n) is 10.5. The molecule has 1 amide bonds. The maximum Gasteiger partial charge on any atom is 0.253 e. The van der Waals surface area contributed by atoms with E-state index in [1.54, 1.807) is 0 Å². The van der Waals surface area contributed by atoms with Gasteiger partial charge in [-0.2, -0.15) is 0 Å². The second-order valence-corrected chi connectivity index (χ2v) is 9.01. The highest BCUT2D eigenvalue weighted by molar-refractivity contribution is 9.10. The highest BCUT2D eigenvalue weighted by Gasteiger charge is 2.17. The Bertz CT molecular complexity index is 1070. The molecular formula is C24H28BrN5O. The number of carbonyl (C=O) groups excluding carboxylic acids is 1. The van der Waals surface area contributed by atoms with Crippen LogP contribution in [0.1, 0.15) is 27.3 Å². The van der Waals surface area contributed by atoms with E-state index in [2.05, 4.69) is 53.7 Å². The maximum absolute atomic E-state index is 12.9. The molecule has 4 rings (SSSR count). The van der Waals surface area contributed by atoms with Crippen molar-refractivity contribution in [3.63, 3.8) is 0 Å². The van der Waals surface area contributed by atoms with Crippen LogP contribution in [0, 0.1) is 13.8 Å². The van der Waals surface area contributed by atoms with Crippen LogP contribution in [0.25, 0.3) is 5.69 Å². The molecule has 3 aromatic rings. The molecule has 2 aromatic heterocycles. The van der Waals surface area contributed by atoms with Gasteiger partial charge >= 0.3 is 0 Å². The van der Waals surface area contributed by atoms with Crippen molar-refractivity contribution in [2.24, 2.45) is 0 Å². The van der Waals surface area contributed by atoms with Crippen molar-refractivity contribution in [3.05, 3.63) is 75.6 Å². The standard InChI is InChI=1S/C24H28BrN5O/c1-17-13-22(18(2)30(17)21-6-4-5-20(25)14-21)24(31)27-16-19-7-8-23(26-15-19)29-11-9-28(3)10-12-29/h4-8,13-15H,9-12,16H2,1-3H3,(H,27,31). The van der Waals surface area contributed by atoms with Crippen molar-refractivity contribution in [1.29, 1.82) is 0 Å². The molecule has 0 bridgehead atoms. The molecule has 0 atom stereocenters. The normalized spacial score (nSPS) is 14.6. The van der Waals surface area contributed by atoms with Gasteiger partial charge in [0.2, 0.25) is 0 Å². The van der Waals surface area contributed by atoms with Crippen LogP contribution < -0.4 is 10.2 Å². The zero-order valence-electron chi connectivity index (χ0n) is 18.2. The fourth-order valence-electron chi connectivity index (χ4n) is 4.03. The van der Waals surface area contributed by atoms with Crippen molar-refractivity contribution in [1.82, 2.24) is 19.8 Å². The monoisotopic (exact) mass is 481 g/mol. The van der Waals surface area contributed by atoms with Gasteiger partial charge in [0.15, 0.2) is 0 Å². The number of amides is 1. The van der Waals surface area contributed by atoms with Crippen molar-refractivity contribution in [2.45, 2.75) is 20.4 Å². The number of benzene rings is 1. The zero-order chi connectivity index (χ0) is 22.0. The van der Waals surface area contributed by atoms with E-state index in [1.807, 2.05) is 56.4 Å². The average molecular weight is 482 g/mol. The summed E-state index contributed by atoms with van der Waals surface area (Å²) < 4.78 is 3.11. The van der Waals surface area contributed by atoms with E-state index in [1.165, 1.54) is 0 Å². The molecule has 1 saturated heterocycles. The minimum Gasteiger partial charge on any atom is -0.354 e. The maximum atomic E-state index is 12.9. The molecule has 162 valence electrons. The van der Waals surface area contributed by atoms with E-state index < -0.39 is 0 Å². The lowest BCUT2D eigenvalue weighted by atomic mass is 10.2. The Morgan fingerprint density at radius 2 is 1.87 bits per heavy atom. The molecule has 7 heteroatoms. The number of rotatable bonds is 5. The summed E-state index contributed by atoms with van der Waals surface area (Å²) >= 11 is 3.52. The van der Waals surface area contributed by atoms with Crippen molar-refractivity contribution >= 4 is 27.7 Å². The third-order valence-electron chi connectivity index (χ3n) is 5.83. The van der Waals surface area contributed by atoms with Crippen LogP contribution >= 0.6 is 15.9 Å². The number of carbonyl (C=O) groups is 1. The third kappa shape index (κ3) is 4.83. The molecule has 0 aliphatic carbocycles. The fraction of sp³-hybridized carbons (Fsp3) is 0.333.